The van der Waals surface area contributed by atoms with Crippen molar-refractivity contribution >= 4 is 79.0 Å². The molecule has 3 heterocycles. The summed E-state index contributed by atoms with van der Waals surface area (Å²) in [4.78, 5) is 18.6. The molecule has 3 aromatic carbocycles. The Balaban J connectivity index is 1.43. The van der Waals surface area contributed by atoms with Gasteiger partial charge in [-0.25, -0.2) is 4.98 Å². The lowest BCUT2D eigenvalue weighted by Crippen LogP contribution is -2.17. The number of anilines is 1. The standard InChI is InChI=1S/C27H18Cl3N5OS/c1-15-12-23(32-26(36)25-24(30)18-11-10-17(28)13-22(18)37-25)35(33-15)27-31-20-8-4-5-9-21(20)34(27)14-16-6-2-3-7-19(16)29/h2-13H,14H2,1H3,(H,32,36). The molecule has 0 radical (unpaired) electrons. The van der Waals surface area contributed by atoms with Gasteiger partial charge in [0.25, 0.3) is 5.91 Å². The molecule has 0 bridgehead atoms. The van der Waals surface area contributed by atoms with Gasteiger partial charge in [-0.05, 0) is 42.8 Å². The third kappa shape index (κ3) is 4.38. The molecule has 0 saturated carbocycles. The molecule has 0 fully saturated rings. The predicted octanol–water partition coefficient (Wildman–Crippen LogP) is 8.01. The molecule has 184 valence electrons. The molecule has 0 spiro atoms. The molecule has 1 amide bonds. The first-order valence-electron chi connectivity index (χ1n) is 11.3. The molecule has 0 aliphatic rings. The first kappa shape index (κ1) is 24.0. The number of aromatic nitrogens is 4. The lowest BCUT2D eigenvalue weighted by Gasteiger charge is -2.13. The number of hydrogen-bond acceptors (Lipinski definition) is 4. The van der Waals surface area contributed by atoms with Crippen LogP contribution in [0.4, 0.5) is 5.82 Å². The van der Waals surface area contributed by atoms with Crippen LogP contribution >= 0.6 is 46.1 Å². The SMILES string of the molecule is Cc1cc(NC(=O)c2sc3cc(Cl)ccc3c2Cl)n(-c2nc3ccccc3n2Cc2ccccc2Cl)n1. The van der Waals surface area contributed by atoms with E-state index in [-0.39, 0.29) is 5.91 Å². The molecule has 6 aromatic rings. The van der Waals surface area contributed by atoms with E-state index in [2.05, 4.69) is 10.4 Å². The first-order valence-corrected chi connectivity index (χ1v) is 13.3. The quantitative estimate of drug-likeness (QED) is 0.230. The fourth-order valence-corrected chi connectivity index (χ4v) is 6.16. The van der Waals surface area contributed by atoms with Crippen molar-refractivity contribution < 1.29 is 4.79 Å². The van der Waals surface area contributed by atoms with E-state index in [1.807, 2.05) is 66.1 Å². The van der Waals surface area contributed by atoms with Crippen LogP contribution < -0.4 is 5.32 Å². The highest BCUT2D eigenvalue weighted by Gasteiger charge is 2.22. The molecule has 0 saturated heterocycles. The van der Waals surface area contributed by atoms with Crippen LogP contribution in [0.1, 0.15) is 20.9 Å². The number of hydrogen-bond donors (Lipinski definition) is 1. The third-order valence-electron chi connectivity index (χ3n) is 5.98. The Morgan fingerprint density at radius 3 is 2.62 bits per heavy atom. The van der Waals surface area contributed by atoms with Crippen LogP contribution in [0.25, 0.3) is 27.1 Å². The van der Waals surface area contributed by atoms with E-state index in [1.54, 1.807) is 22.9 Å². The molecule has 0 aliphatic heterocycles. The van der Waals surface area contributed by atoms with E-state index in [0.717, 1.165) is 32.4 Å². The van der Waals surface area contributed by atoms with Crippen LogP contribution in [0, 0.1) is 6.92 Å². The molecule has 37 heavy (non-hydrogen) atoms. The summed E-state index contributed by atoms with van der Waals surface area (Å²) in [5, 5.41) is 10.1. The number of aryl methyl sites for hydroxylation is 1. The molecular formula is C27H18Cl3N5OS. The van der Waals surface area contributed by atoms with Gasteiger partial charge >= 0.3 is 0 Å². The Bertz CT molecular complexity index is 1820. The molecule has 0 aliphatic carbocycles. The lowest BCUT2D eigenvalue weighted by molar-refractivity contribution is 0.103. The molecule has 10 heteroatoms. The van der Waals surface area contributed by atoms with Crippen molar-refractivity contribution in [2.45, 2.75) is 13.5 Å². The van der Waals surface area contributed by atoms with Crippen LogP contribution in [0.2, 0.25) is 15.1 Å². The Hall–Kier alpha value is -3.36. The van der Waals surface area contributed by atoms with Crippen LogP contribution in [0.3, 0.4) is 0 Å². The minimum absolute atomic E-state index is 0.336. The topological polar surface area (TPSA) is 64.7 Å². The maximum atomic E-state index is 13.4. The molecule has 6 nitrogen and oxygen atoms in total. The number of rotatable bonds is 5. The summed E-state index contributed by atoms with van der Waals surface area (Å²) in [6.45, 7) is 2.34. The Morgan fingerprint density at radius 1 is 1.00 bits per heavy atom. The molecule has 3 aromatic heterocycles. The molecule has 0 atom stereocenters. The summed E-state index contributed by atoms with van der Waals surface area (Å²) in [5.74, 6) is 0.695. The van der Waals surface area contributed by atoms with Gasteiger partial charge in [-0.2, -0.15) is 9.78 Å². The largest absolute Gasteiger partial charge is 0.306 e. The number of para-hydroxylation sites is 2. The molecule has 0 unspecified atom stereocenters. The fraction of sp³-hybridized carbons (Fsp3) is 0.0741. The number of halogens is 3. The number of fused-ring (bicyclic) bond motifs is 2. The summed E-state index contributed by atoms with van der Waals surface area (Å²) in [6.07, 6.45) is 0. The highest BCUT2D eigenvalue weighted by molar-refractivity contribution is 7.21. The van der Waals surface area contributed by atoms with Gasteiger partial charge in [0.05, 0.1) is 28.3 Å². The molecule has 6 rings (SSSR count). The van der Waals surface area contributed by atoms with Gasteiger partial charge in [-0.15, -0.1) is 11.3 Å². The third-order valence-corrected chi connectivity index (χ3v) is 8.24. The van der Waals surface area contributed by atoms with Crippen molar-refractivity contribution in [1.29, 1.82) is 0 Å². The summed E-state index contributed by atoms with van der Waals surface area (Å²) < 4.78 is 4.52. The van der Waals surface area contributed by atoms with Crippen molar-refractivity contribution in [2.24, 2.45) is 0 Å². The normalized spacial score (nSPS) is 11.5. The number of carbonyl (C=O) groups excluding carboxylic acids is 1. The van der Waals surface area contributed by atoms with Gasteiger partial charge in [-0.1, -0.05) is 71.2 Å². The second kappa shape index (κ2) is 9.50. The number of benzene rings is 3. The van der Waals surface area contributed by atoms with Crippen LogP contribution in [0.15, 0.2) is 72.8 Å². The van der Waals surface area contributed by atoms with Gasteiger partial charge < -0.3 is 9.88 Å². The Labute approximate surface area is 231 Å². The van der Waals surface area contributed by atoms with Gasteiger partial charge in [0.1, 0.15) is 10.7 Å². The van der Waals surface area contributed by atoms with Crippen LogP contribution in [0.5, 0.6) is 0 Å². The van der Waals surface area contributed by atoms with Crippen molar-refractivity contribution in [3.05, 3.63) is 104 Å². The second-order valence-electron chi connectivity index (χ2n) is 8.50. The van der Waals surface area contributed by atoms with Crippen LogP contribution in [-0.4, -0.2) is 25.2 Å². The van der Waals surface area contributed by atoms with E-state index in [0.29, 0.717) is 38.3 Å². The summed E-state index contributed by atoms with van der Waals surface area (Å²) >= 11 is 20.5. The van der Waals surface area contributed by atoms with Gasteiger partial charge in [0.2, 0.25) is 5.95 Å². The zero-order valence-electron chi connectivity index (χ0n) is 19.4. The number of amides is 1. The number of imidazole rings is 1. The maximum Gasteiger partial charge on any atom is 0.268 e. The van der Waals surface area contributed by atoms with Crippen molar-refractivity contribution in [2.75, 3.05) is 5.32 Å². The van der Waals surface area contributed by atoms with E-state index >= 15 is 0 Å². The average molecular weight is 567 g/mol. The maximum absolute atomic E-state index is 13.4. The minimum Gasteiger partial charge on any atom is -0.306 e. The van der Waals surface area contributed by atoms with Gasteiger partial charge in [0.15, 0.2) is 0 Å². The summed E-state index contributed by atoms with van der Waals surface area (Å²) in [5.41, 5.74) is 3.39. The van der Waals surface area contributed by atoms with E-state index in [9.17, 15) is 4.79 Å². The first-order chi connectivity index (χ1) is 17.9. The number of nitrogens with zero attached hydrogens (tertiary/aromatic N) is 4. The number of thiophene rings is 1. The fourth-order valence-electron chi connectivity index (χ4n) is 4.28. The smallest absolute Gasteiger partial charge is 0.268 e. The number of nitrogens with one attached hydrogen (secondary N) is 1. The molecule has 1 N–H and O–H groups in total. The van der Waals surface area contributed by atoms with E-state index in [1.165, 1.54) is 11.3 Å². The van der Waals surface area contributed by atoms with E-state index < -0.39 is 0 Å². The van der Waals surface area contributed by atoms with E-state index in [4.69, 9.17) is 39.8 Å². The Morgan fingerprint density at radius 2 is 1.78 bits per heavy atom. The summed E-state index contributed by atoms with van der Waals surface area (Å²) in [6, 6.07) is 22.7. The number of carbonyl (C=O) groups is 1. The highest BCUT2D eigenvalue weighted by Crippen LogP contribution is 2.37. The summed E-state index contributed by atoms with van der Waals surface area (Å²) in [7, 11) is 0. The van der Waals surface area contributed by atoms with Gasteiger partial charge in [0, 0.05) is 26.2 Å². The van der Waals surface area contributed by atoms with Gasteiger partial charge in [-0.3, -0.25) is 4.79 Å². The average Bonchev–Trinajstić information content (AvgIpc) is 3.53. The second-order valence-corrected chi connectivity index (χ2v) is 10.8. The highest BCUT2D eigenvalue weighted by atomic mass is 35.5. The lowest BCUT2D eigenvalue weighted by atomic mass is 10.2. The van der Waals surface area contributed by atoms with Crippen LogP contribution in [-0.2, 0) is 6.54 Å². The Kier molecular flexibility index (Phi) is 6.16. The molecular weight excluding hydrogens is 549 g/mol. The van der Waals surface area contributed by atoms with Crippen molar-refractivity contribution in [3.63, 3.8) is 0 Å². The predicted molar refractivity (Wildman–Crippen MR) is 152 cm³/mol. The zero-order valence-corrected chi connectivity index (χ0v) is 22.5. The monoisotopic (exact) mass is 565 g/mol. The minimum atomic E-state index is -0.336. The van der Waals surface area contributed by atoms with Crippen molar-refractivity contribution in [1.82, 2.24) is 19.3 Å². The zero-order chi connectivity index (χ0) is 25.7. The van der Waals surface area contributed by atoms with Crippen molar-refractivity contribution in [3.8, 4) is 5.95 Å².